The van der Waals surface area contributed by atoms with Crippen LogP contribution in [0.1, 0.15) is 24.1 Å². The highest BCUT2D eigenvalue weighted by Gasteiger charge is 2.20. The first-order valence-electron chi connectivity index (χ1n) is 6.33. The summed E-state index contributed by atoms with van der Waals surface area (Å²) >= 11 is 6.09. The zero-order valence-electron chi connectivity index (χ0n) is 11.1. The van der Waals surface area contributed by atoms with Gasteiger partial charge >= 0.3 is 0 Å². The molecule has 0 spiro atoms. The third kappa shape index (κ3) is 3.16. The van der Waals surface area contributed by atoms with Crippen molar-refractivity contribution in [3.63, 3.8) is 0 Å². The normalized spacial score (nSPS) is 20.2. The van der Waals surface area contributed by atoms with Crippen LogP contribution in [0.3, 0.4) is 0 Å². The van der Waals surface area contributed by atoms with Gasteiger partial charge in [-0.05, 0) is 25.8 Å². The Morgan fingerprint density at radius 3 is 2.89 bits per heavy atom. The van der Waals surface area contributed by atoms with Crippen molar-refractivity contribution in [1.82, 2.24) is 14.7 Å². The number of hydrogen-bond acceptors (Lipinski definition) is 3. The molecular formula is C13H18ClN3O2. The van der Waals surface area contributed by atoms with Gasteiger partial charge in [-0.15, -0.1) is 0 Å². The number of hydrogen-bond donors (Lipinski definition) is 1. The molecule has 1 amide bonds. The van der Waals surface area contributed by atoms with Gasteiger partial charge in [-0.2, -0.15) is 5.10 Å². The molecule has 19 heavy (non-hydrogen) atoms. The number of carbonyl (C=O) groups is 1. The van der Waals surface area contributed by atoms with E-state index in [2.05, 4.69) is 5.10 Å². The van der Waals surface area contributed by atoms with E-state index in [1.54, 1.807) is 22.7 Å². The third-order valence-corrected chi connectivity index (χ3v) is 3.75. The van der Waals surface area contributed by atoms with E-state index in [9.17, 15) is 9.90 Å². The highest BCUT2D eigenvalue weighted by Crippen LogP contribution is 2.20. The zero-order chi connectivity index (χ0) is 14.0. The lowest BCUT2D eigenvalue weighted by Crippen LogP contribution is -2.41. The van der Waals surface area contributed by atoms with Crippen molar-refractivity contribution in [3.05, 3.63) is 22.5 Å². The van der Waals surface area contributed by atoms with Crippen molar-refractivity contribution >= 4 is 23.6 Å². The summed E-state index contributed by atoms with van der Waals surface area (Å²) in [7, 11) is 1.76. The maximum atomic E-state index is 12.0. The van der Waals surface area contributed by atoms with Gasteiger partial charge in [-0.3, -0.25) is 9.48 Å². The summed E-state index contributed by atoms with van der Waals surface area (Å²) in [5.41, 5.74) is 1.55. The Hall–Kier alpha value is -1.33. The first kappa shape index (κ1) is 14.1. The summed E-state index contributed by atoms with van der Waals surface area (Å²) in [5, 5.41) is 14.2. The zero-order valence-corrected chi connectivity index (χ0v) is 11.9. The van der Waals surface area contributed by atoms with Crippen molar-refractivity contribution in [1.29, 1.82) is 0 Å². The first-order chi connectivity index (χ1) is 8.99. The van der Waals surface area contributed by atoms with Gasteiger partial charge in [0.2, 0.25) is 5.91 Å². The predicted octanol–water partition coefficient (Wildman–Crippen LogP) is 1.38. The standard InChI is InChI=1S/C13H18ClN3O2/c1-9-11(13(14)16(2)15-9)5-6-12(19)17-7-3-4-10(18)8-17/h5-6,10,18H,3-4,7-8H2,1-2H3/b6-5+. The molecule has 0 aromatic carbocycles. The Morgan fingerprint density at radius 1 is 1.58 bits per heavy atom. The molecule has 1 aliphatic heterocycles. The van der Waals surface area contributed by atoms with Crippen molar-refractivity contribution in [2.75, 3.05) is 13.1 Å². The van der Waals surface area contributed by atoms with E-state index in [4.69, 9.17) is 11.6 Å². The molecule has 1 atom stereocenters. The largest absolute Gasteiger partial charge is 0.391 e. The molecule has 0 aliphatic carbocycles. The second-order valence-corrected chi connectivity index (χ2v) is 5.19. The molecule has 0 saturated carbocycles. The number of β-amino-alcohol motifs (C(OH)–C–C–N with tert-alkyl or cyclic N) is 1. The molecule has 2 heterocycles. The number of aliphatic hydroxyl groups excluding tert-OH is 1. The minimum Gasteiger partial charge on any atom is -0.391 e. The molecule has 0 radical (unpaired) electrons. The quantitative estimate of drug-likeness (QED) is 0.834. The molecule has 1 aromatic rings. The van der Waals surface area contributed by atoms with Gasteiger partial charge in [-0.1, -0.05) is 11.6 Å². The van der Waals surface area contributed by atoms with E-state index in [1.807, 2.05) is 6.92 Å². The number of rotatable bonds is 2. The lowest BCUT2D eigenvalue weighted by atomic mass is 10.1. The number of piperidine rings is 1. The highest BCUT2D eigenvalue weighted by atomic mass is 35.5. The Kier molecular flexibility index (Phi) is 4.27. The predicted molar refractivity (Wildman–Crippen MR) is 73.8 cm³/mol. The average Bonchev–Trinajstić information content (AvgIpc) is 2.61. The van der Waals surface area contributed by atoms with Crippen LogP contribution < -0.4 is 0 Å². The van der Waals surface area contributed by atoms with Crippen LogP contribution in [0.2, 0.25) is 5.15 Å². The molecule has 104 valence electrons. The molecular weight excluding hydrogens is 266 g/mol. The van der Waals surface area contributed by atoms with Crippen LogP contribution in [0.4, 0.5) is 0 Å². The monoisotopic (exact) mass is 283 g/mol. The molecule has 1 N–H and O–H groups in total. The van der Waals surface area contributed by atoms with E-state index >= 15 is 0 Å². The summed E-state index contributed by atoms with van der Waals surface area (Å²) in [4.78, 5) is 13.7. The lowest BCUT2D eigenvalue weighted by Gasteiger charge is -2.29. The van der Waals surface area contributed by atoms with E-state index < -0.39 is 6.10 Å². The summed E-state index contributed by atoms with van der Waals surface area (Å²) in [6.45, 7) is 2.95. The van der Waals surface area contributed by atoms with E-state index in [0.29, 0.717) is 18.2 Å². The SMILES string of the molecule is Cc1nn(C)c(Cl)c1/C=C/C(=O)N1CCCC(O)C1. The summed E-state index contributed by atoms with van der Waals surface area (Å²) in [5.74, 6) is -0.0990. The van der Waals surface area contributed by atoms with Crippen LogP contribution in [0, 0.1) is 6.92 Å². The number of carbonyl (C=O) groups excluding carboxylic acids is 1. The minimum absolute atomic E-state index is 0.0990. The average molecular weight is 284 g/mol. The van der Waals surface area contributed by atoms with Gasteiger partial charge in [0.05, 0.1) is 11.8 Å². The van der Waals surface area contributed by atoms with Gasteiger partial charge in [0.15, 0.2) is 0 Å². The van der Waals surface area contributed by atoms with Gasteiger partial charge in [0.1, 0.15) is 5.15 Å². The molecule has 2 rings (SSSR count). The van der Waals surface area contributed by atoms with Gasteiger partial charge in [0.25, 0.3) is 0 Å². The lowest BCUT2D eigenvalue weighted by molar-refractivity contribution is -0.128. The minimum atomic E-state index is -0.408. The number of likely N-dealkylation sites (tertiary alicyclic amines) is 1. The molecule has 1 aliphatic rings. The van der Waals surface area contributed by atoms with Crippen LogP contribution in [0.25, 0.3) is 6.08 Å². The molecule has 6 heteroatoms. The van der Waals surface area contributed by atoms with E-state index in [1.165, 1.54) is 6.08 Å². The van der Waals surface area contributed by atoms with Gasteiger partial charge in [0, 0.05) is 31.8 Å². The van der Waals surface area contributed by atoms with Crippen LogP contribution in [-0.2, 0) is 11.8 Å². The second-order valence-electron chi connectivity index (χ2n) is 4.83. The third-order valence-electron chi connectivity index (χ3n) is 3.30. The summed E-state index contributed by atoms with van der Waals surface area (Å²) in [6, 6.07) is 0. The van der Waals surface area contributed by atoms with Crippen molar-refractivity contribution in [2.24, 2.45) is 7.05 Å². The number of aliphatic hydroxyl groups is 1. The maximum Gasteiger partial charge on any atom is 0.246 e. The Bertz CT molecular complexity index is 510. The number of halogens is 1. The summed E-state index contributed by atoms with van der Waals surface area (Å²) < 4.78 is 1.58. The molecule has 0 bridgehead atoms. The highest BCUT2D eigenvalue weighted by molar-refractivity contribution is 6.31. The molecule has 1 fully saturated rings. The smallest absolute Gasteiger partial charge is 0.246 e. The Morgan fingerprint density at radius 2 is 2.32 bits per heavy atom. The number of aryl methyl sites for hydroxylation is 2. The molecule has 1 aromatic heterocycles. The fourth-order valence-electron chi connectivity index (χ4n) is 2.25. The summed E-state index contributed by atoms with van der Waals surface area (Å²) in [6.07, 6.45) is 4.38. The Labute approximate surface area is 117 Å². The number of nitrogens with zero attached hydrogens (tertiary/aromatic N) is 3. The van der Waals surface area contributed by atoms with E-state index in [0.717, 1.165) is 24.1 Å². The molecule has 5 nitrogen and oxygen atoms in total. The topological polar surface area (TPSA) is 58.4 Å². The van der Waals surface area contributed by atoms with Gasteiger partial charge in [-0.25, -0.2) is 0 Å². The number of aromatic nitrogens is 2. The van der Waals surface area contributed by atoms with Crippen LogP contribution in [-0.4, -0.2) is 44.9 Å². The van der Waals surface area contributed by atoms with Crippen molar-refractivity contribution in [2.45, 2.75) is 25.9 Å². The fraction of sp³-hybridized carbons (Fsp3) is 0.538. The van der Waals surface area contributed by atoms with Crippen molar-refractivity contribution < 1.29 is 9.90 Å². The molecule has 1 saturated heterocycles. The number of amides is 1. The Balaban J connectivity index is 2.07. The van der Waals surface area contributed by atoms with Crippen molar-refractivity contribution in [3.8, 4) is 0 Å². The first-order valence-corrected chi connectivity index (χ1v) is 6.71. The fourth-order valence-corrected chi connectivity index (χ4v) is 2.49. The van der Waals surface area contributed by atoms with Gasteiger partial charge < -0.3 is 10.0 Å². The van der Waals surface area contributed by atoms with Crippen LogP contribution >= 0.6 is 11.6 Å². The molecule has 1 unspecified atom stereocenters. The second kappa shape index (κ2) is 5.75. The van der Waals surface area contributed by atoms with Crippen LogP contribution in [0.5, 0.6) is 0 Å². The maximum absolute atomic E-state index is 12.0. The van der Waals surface area contributed by atoms with E-state index in [-0.39, 0.29) is 5.91 Å². The van der Waals surface area contributed by atoms with Crippen LogP contribution in [0.15, 0.2) is 6.08 Å².